The van der Waals surface area contributed by atoms with Gasteiger partial charge in [-0.05, 0) is 18.6 Å². The number of aryl methyl sites for hydroxylation is 1. The molecule has 0 saturated carbocycles. The molecule has 4 heteroatoms. The SMILES string of the molecule is Cc1ccc(N2CCOCC2)nc1Cl. The number of anilines is 1. The average molecular weight is 213 g/mol. The fourth-order valence-electron chi connectivity index (χ4n) is 1.46. The van der Waals surface area contributed by atoms with Crippen LogP contribution in [0.15, 0.2) is 12.1 Å². The van der Waals surface area contributed by atoms with Gasteiger partial charge in [0.1, 0.15) is 11.0 Å². The molecule has 1 aromatic rings. The Hall–Kier alpha value is -0.800. The number of halogens is 1. The molecule has 0 atom stereocenters. The van der Waals surface area contributed by atoms with E-state index in [4.69, 9.17) is 16.3 Å². The van der Waals surface area contributed by atoms with E-state index in [0.29, 0.717) is 5.15 Å². The normalized spacial score (nSPS) is 17.1. The molecule has 2 rings (SSSR count). The third-order valence-electron chi connectivity index (χ3n) is 2.36. The number of hydrogen-bond donors (Lipinski definition) is 0. The molecule has 3 nitrogen and oxygen atoms in total. The minimum atomic E-state index is 0.592. The van der Waals surface area contributed by atoms with Gasteiger partial charge < -0.3 is 9.64 Å². The second kappa shape index (κ2) is 4.15. The molecule has 76 valence electrons. The van der Waals surface area contributed by atoms with Crippen LogP contribution in [0.3, 0.4) is 0 Å². The van der Waals surface area contributed by atoms with Crippen LogP contribution in [-0.2, 0) is 4.74 Å². The predicted molar refractivity (Wildman–Crippen MR) is 57.0 cm³/mol. The van der Waals surface area contributed by atoms with E-state index in [1.807, 2.05) is 19.1 Å². The van der Waals surface area contributed by atoms with Gasteiger partial charge in [0, 0.05) is 13.1 Å². The summed E-state index contributed by atoms with van der Waals surface area (Å²) in [6.45, 7) is 5.29. The molecule has 0 aliphatic carbocycles. The zero-order valence-corrected chi connectivity index (χ0v) is 8.92. The smallest absolute Gasteiger partial charge is 0.134 e. The summed E-state index contributed by atoms with van der Waals surface area (Å²) >= 11 is 5.96. The molecule has 1 fully saturated rings. The molecule has 1 aliphatic heterocycles. The van der Waals surface area contributed by atoms with Gasteiger partial charge in [0.15, 0.2) is 0 Å². The fourth-order valence-corrected chi connectivity index (χ4v) is 1.61. The Morgan fingerprint density at radius 3 is 2.71 bits per heavy atom. The lowest BCUT2D eigenvalue weighted by molar-refractivity contribution is 0.122. The van der Waals surface area contributed by atoms with Crippen molar-refractivity contribution in [3.05, 3.63) is 22.8 Å². The molecule has 1 aliphatic rings. The van der Waals surface area contributed by atoms with E-state index in [2.05, 4.69) is 9.88 Å². The molecule has 0 radical (unpaired) electrons. The van der Waals surface area contributed by atoms with Crippen molar-refractivity contribution in [1.29, 1.82) is 0 Å². The summed E-state index contributed by atoms with van der Waals surface area (Å²) < 4.78 is 5.27. The molecule has 0 N–H and O–H groups in total. The first-order valence-corrected chi connectivity index (χ1v) is 5.11. The molecular weight excluding hydrogens is 200 g/mol. The first-order chi connectivity index (χ1) is 6.77. The summed E-state index contributed by atoms with van der Waals surface area (Å²) in [6, 6.07) is 4.01. The Balaban J connectivity index is 2.18. The second-order valence-corrected chi connectivity index (χ2v) is 3.73. The van der Waals surface area contributed by atoms with Gasteiger partial charge in [-0.25, -0.2) is 4.98 Å². The van der Waals surface area contributed by atoms with Crippen molar-refractivity contribution >= 4 is 17.4 Å². The fraction of sp³-hybridized carbons (Fsp3) is 0.500. The number of aromatic nitrogens is 1. The van der Waals surface area contributed by atoms with Crippen LogP contribution in [0.5, 0.6) is 0 Å². The van der Waals surface area contributed by atoms with Gasteiger partial charge in [-0.3, -0.25) is 0 Å². The predicted octanol–water partition coefficient (Wildman–Crippen LogP) is 1.88. The highest BCUT2D eigenvalue weighted by molar-refractivity contribution is 6.30. The van der Waals surface area contributed by atoms with Crippen LogP contribution in [-0.4, -0.2) is 31.3 Å². The largest absolute Gasteiger partial charge is 0.378 e. The van der Waals surface area contributed by atoms with Crippen molar-refractivity contribution in [3.63, 3.8) is 0 Å². The van der Waals surface area contributed by atoms with E-state index in [1.165, 1.54) is 0 Å². The minimum absolute atomic E-state index is 0.592. The molecule has 0 aromatic carbocycles. The maximum Gasteiger partial charge on any atom is 0.134 e. The van der Waals surface area contributed by atoms with Crippen molar-refractivity contribution in [2.75, 3.05) is 31.2 Å². The van der Waals surface area contributed by atoms with Gasteiger partial charge >= 0.3 is 0 Å². The van der Waals surface area contributed by atoms with E-state index in [0.717, 1.165) is 37.7 Å². The Kier molecular flexibility index (Phi) is 2.89. The molecule has 1 aromatic heterocycles. The van der Waals surface area contributed by atoms with Gasteiger partial charge in [0.25, 0.3) is 0 Å². The van der Waals surface area contributed by atoms with Gasteiger partial charge in [-0.1, -0.05) is 17.7 Å². The number of morpholine rings is 1. The Morgan fingerprint density at radius 1 is 1.36 bits per heavy atom. The number of ether oxygens (including phenoxy) is 1. The molecule has 14 heavy (non-hydrogen) atoms. The van der Waals surface area contributed by atoms with Crippen molar-refractivity contribution in [1.82, 2.24) is 4.98 Å². The highest BCUT2D eigenvalue weighted by Gasteiger charge is 2.12. The molecule has 0 unspecified atom stereocenters. The van der Waals surface area contributed by atoms with E-state index in [1.54, 1.807) is 0 Å². The van der Waals surface area contributed by atoms with Gasteiger partial charge in [0.05, 0.1) is 13.2 Å². The monoisotopic (exact) mass is 212 g/mol. The zero-order valence-electron chi connectivity index (χ0n) is 8.16. The summed E-state index contributed by atoms with van der Waals surface area (Å²) in [4.78, 5) is 6.52. The highest BCUT2D eigenvalue weighted by atomic mass is 35.5. The summed E-state index contributed by atoms with van der Waals surface area (Å²) in [6.07, 6.45) is 0. The van der Waals surface area contributed by atoms with Gasteiger partial charge in [-0.2, -0.15) is 0 Å². The lowest BCUT2D eigenvalue weighted by Gasteiger charge is -2.27. The van der Waals surface area contributed by atoms with Crippen LogP contribution < -0.4 is 4.90 Å². The third kappa shape index (κ3) is 1.99. The van der Waals surface area contributed by atoms with Crippen LogP contribution in [0, 0.1) is 6.92 Å². The number of hydrogen-bond acceptors (Lipinski definition) is 3. The quantitative estimate of drug-likeness (QED) is 0.665. The van der Waals surface area contributed by atoms with E-state index >= 15 is 0 Å². The summed E-state index contributed by atoms with van der Waals surface area (Å²) in [7, 11) is 0. The first kappa shape index (κ1) is 9.74. The lowest BCUT2D eigenvalue weighted by atomic mass is 10.3. The summed E-state index contributed by atoms with van der Waals surface area (Å²) in [5.74, 6) is 0.948. The molecule has 0 bridgehead atoms. The van der Waals surface area contributed by atoms with Crippen LogP contribution in [0.4, 0.5) is 5.82 Å². The zero-order chi connectivity index (χ0) is 9.97. The van der Waals surface area contributed by atoms with E-state index in [-0.39, 0.29) is 0 Å². The van der Waals surface area contributed by atoms with Crippen LogP contribution >= 0.6 is 11.6 Å². The first-order valence-electron chi connectivity index (χ1n) is 4.73. The Bertz CT molecular complexity index is 324. The van der Waals surface area contributed by atoms with Crippen molar-refractivity contribution in [2.24, 2.45) is 0 Å². The second-order valence-electron chi connectivity index (χ2n) is 3.38. The van der Waals surface area contributed by atoms with Crippen LogP contribution in [0.1, 0.15) is 5.56 Å². The molecule has 0 spiro atoms. The molecule has 1 saturated heterocycles. The maximum absolute atomic E-state index is 5.96. The standard InChI is InChI=1S/C10H13ClN2O/c1-8-2-3-9(12-10(8)11)13-4-6-14-7-5-13/h2-3H,4-7H2,1H3. The maximum atomic E-state index is 5.96. The molecule has 0 amide bonds. The Morgan fingerprint density at radius 2 is 2.07 bits per heavy atom. The number of nitrogens with zero attached hydrogens (tertiary/aromatic N) is 2. The van der Waals surface area contributed by atoms with E-state index < -0.39 is 0 Å². The summed E-state index contributed by atoms with van der Waals surface area (Å²) in [5.41, 5.74) is 1.02. The highest BCUT2D eigenvalue weighted by Crippen LogP contribution is 2.18. The minimum Gasteiger partial charge on any atom is -0.378 e. The Labute approximate surface area is 88.6 Å². The number of rotatable bonds is 1. The van der Waals surface area contributed by atoms with Gasteiger partial charge in [0.2, 0.25) is 0 Å². The average Bonchev–Trinajstić information content (AvgIpc) is 2.23. The molecule has 2 heterocycles. The lowest BCUT2D eigenvalue weighted by Crippen LogP contribution is -2.36. The summed E-state index contributed by atoms with van der Waals surface area (Å²) in [5, 5.41) is 0.592. The van der Waals surface area contributed by atoms with E-state index in [9.17, 15) is 0 Å². The third-order valence-corrected chi connectivity index (χ3v) is 2.74. The number of pyridine rings is 1. The van der Waals surface area contributed by atoms with Gasteiger partial charge in [-0.15, -0.1) is 0 Å². The van der Waals surface area contributed by atoms with Crippen LogP contribution in [0.2, 0.25) is 5.15 Å². The van der Waals surface area contributed by atoms with Crippen molar-refractivity contribution in [2.45, 2.75) is 6.92 Å². The topological polar surface area (TPSA) is 25.4 Å². The van der Waals surface area contributed by atoms with Crippen LogP contribution in [0.25, 0.3) is 0 Å². The van der Waals surface area contributed by atoms with Crippen molar-refractivity contribution in [3.8, 4) is 0 Å². The van der Waals surface area contributed by atoms with Crippen molar-refractivity contribution < 1.29 is 4.74 Å². The molecular formula is C10H13ClN2O.